The molecule has 0 N–H and O–H groups in total. The van der Waals surface area contributed by atoms with Gasteiger partial charge in [-0.05, 0) is 32.1 Å². The van der Waals surface area contributed by atoms with Crippen LogP contribution in [0.2, 0.25) is 0 Å². The van der Waals surface area contributed by atoms with Crippen molar-refractivity contribution in [2.24, 2.45) is 5.10 Å². The van der Waals surface area contributed by atoms with E-state index in [0.717, 1.165) is 6.42 Å². The number of hydrogen-bond donors (Lipinski definition) is 0. The van der Waals surface area contributed by atoms with Crippen LogP contribution in [0.3, 0.4) is 0 Å². The van der Waals surface area contributed by atoms with Crippen molar-refractivity contribution < 1.29 is 0 Å². The van der Waals surface area contributed by atoms with Crippen LogP contribution in [0, 0.1) is 0 Å². The van der Waals surface area contributed by atoms with E-state index in [-0.39, 0.29) is 0 Å². The summed E-state index contributed by atoms with van der Waals surface area (Å²) < 4.78 is 0. The Balaban J connectivity index is 2.07. The maximum Gasteiger partial charge on any atom is 0.0360 e. The smallest absolute Gasteiger partial charge is 0.0360 e. The van der Waals surface area contributed by atoms with Crippen LogP contribution in [0.4, 0.5) is 0 Å². The summed E-state index contributed by atoms with van der Waals surface area (Å²) in [6, 6.07) is 0. The molecule has 0 aromatic carbocycles. The molecular weight excluding hydrogens is 148 g/mol. The first-order chi connectivity index (χ1) is 5.93. The maximum absolute atomic E-state index is 4.43. The quantitative estimate of drug-likeness (QED) is 0.465. The monoisotopic (exact) mass is 168 g/mol. The minimum Gasteiger partial charge on any atom is -0.297 e. The van der Waals surface area contributed by atoms with Crippen LogP contribution in [-0.4, -0.2) is 24.3 Å². The van der Waals surface area contributed by atoms with Gasteiger partial charge in [0.15, 0.2) is 0 Å². The fraction of sp³-hybridized carbons (Fsp3) is 0.900. The van der Waals surface area contributed by atoms with Gasteiger partial charge in [0.05, 0.1) is 0 Å². The SMILES string of the molecule is CCCCC=NN1CCCCC1. The van der Waals surface area contributed by atoms with Gasteiger partial charge in [-0.1, -0.05) is 13.3 Å². The van der Waals surface area contributed by atoms with E-state index >= 15 is 0 Å². The number of hydrogen-bond acceptors (Lipinski definition) is 2. The lowest BCUT2D eigenvalue weighted by Crippen LogP contribution is -2.24. The molecule has 0 aromatic rings. The number of hydrazone groups is 1. The van der Waals surface area contributed by atoms with E-state index in [1.165, 1.54) is 45.2 Å². The van der Waals surface area contributed by atoms with Gasteiger partial charge in [0.2, 0.25) is 0 Å². The number of nitrogens with zero attached hydrogens (tertiary/aromatic N) is 2. The summed E-state index contributed by atoms with van der Waals surface area (Å²) in [5.41, 5.74) is 0. The van der Waals surface area contributed by atoms with Crippen LogP contribution < -0.4 is 0 Å². The molecule has 1 aliphatic rings. The molecule has 0 unspecified atom stereocenters. The fourth-order valence-corrected chi connectivity index (χ4v) is 1.46. The Morgan fingerprint density at radius 1 is 1.25 bits per heavy atom. The highest BCUT2D eigenvalue weighted by atomic mass is 15.4. The summed E-state index contributed by atoms with van der Waals surface area (Å²) >= 11 is 0. The van der Waals surface area contributed by atoms with Crippen LogP contribution in [0.15, 0.2) is 5.10 Å². The van der Waals surface area contributed by atoms with E-state index < -0.39 is 0 Å². The normalized spacial score (nSPS) is 18.9. The molecule has 2 nitrogen and oxygen atoms in total. The molecule has 0 aromatic heterocycles. The van der Waals surface area contributed by atoms with Gasteiger partial charge in [0.25, 0.3) is 0 Å². The van der Waals surface area contributed by atoms with Crippen molar-refractivity contribution in [2.75, 3.05) is 13.1 Å². The predicted molar refractivity (Wildman–Crippen MR) is 53.4 cm³/mol. The van der Waals surface area contributed by atoms with Gasteiger partial charge in [-0.3, -0.25) is 5.01 Å². The topological polar surface area (TPSA) is 15.6 Å². The molecule has 70 valence electrons. The Labute approximate surface area is 75.6 Å². The minimum atomic E-state index is 1.15. The zero-order valence-corrected chi connectivity index (χ0v) is 8.13. The van der Waals surface area contributed by atoms with Crippen molar-refractivity contribution >= 4 is 6.21 Å². The first-order valence-electron chi connectivity index (χ1n) is 5.21. The summed E-state index contributed by atoms with van der Waals surface area (Å²) in [5, 5.41) is 6.64. The summed E-state index contributed by atoms with van der Waals surface area (Å²) in [6.07, 6.45) is 9.81. The molecule has 1 rings (SSSR count). The van der Waals surface area contributed by atoms with E-state index in [4.69, 9.17) is 0 Å². The highest BCUT2D eigenvalue weighted by Crippen LogP contribution is 2.08. The molecule has 1 saturated heterocycles. The van der Waals surface area contributed by atoms with Gasteiger partial charge in [0, 0.05) is 19.3 Å². The molecule has 0 radical (unpaired) electrons. The van der Waals surface area contributed by atoms with Gasteiger partial charge in [-0.15, -0.1) is 0 Å². The van der Waals surface area contributed by atoms with E-state index in [9.17, 15) is 0 Å². The van der Waals surface area contributed by atoms with Crippen molar-refractivity contribution in [1.29, 1.82) is 0 Å². The zero-order chi connectivity index (χ0) is 8.65. The van der Waals surface area contributed by atoms with Crippen molar-refractivity contribution in [2.45, 2.75) is 45.4 Å². The summed E-state index contributed by atoms with van der Waals surface area (Å²) in [7, 11) is 0. The molecule has 12 heavy (non-hydrogen) atoms. The second-order valence-corrected chi connectivity index (χ2v) is 3.45. The van der Waals surface area contributed by atoms with Crippen molar-refractivity contribution in [3.8, 4) is 0 Å². The molecule has 0 saturated carbocycles. The van der Waals surface area contributed by atoms with Crippen LogP contribution >= 0.6 is 0 Å². The lowest BCUT2D eigenvalue weighted by atomic mass is 10.2. The zero-order valence-electron chi connectivity index (χ0n) is 8.13. The summed E-state index contributed by atoms with van der Waals surface area (Å²) in [5.74, 6) is 0. The molecule has 0 atom stereocenters. The maximum atomic E-state index is 4.43. The van der Waals surface area contributed by atoms with Gasteiger partial charge in [0.1, 0.15) is 0 Å². The van der Waals surface area contributed by atoms with Gasteiger partial charge in [-0.2, -0.15) is 5.10 Å². The highest BCUT2D eigenvalue weighted by Gasteiger charge is 2.05. The Morgan fingerprint density at radius 2 is 2.00 bits per heavy atom. The molecular formula is C10H20N2. The first-order valence-corrected chi connectivity index (χ1v) is 5.21. The Kier molecular flexibility index (Phi) is 4.81. The van der Waals surface area contributed by atoms with Crippen molar-refractivity contribution in [1.82, 2.24) is 5.01 Å². The number of piperidine rings is 1. The number of rotatable bonds is 4. The first kappa shape index (κ1) is 9.56. The van der Waals surface area contributed by atoms with Crippen molar-refractivity contribution in [3.63, 3.8) is 0 Å². The molecule has 2 heteroatoms. The third-order valence-corrected chi connectivity index (χ3v) is 2.26. The molecule has 1 aliphatic heterocycles. The molecule has 0 aliphatic carbocycles. The third-order valence-electron chi connectivity index (χ3n) is 2.26. The second-order valence-electron chi connectivity index (χ2n) is 3.45. The fourth-order valence-electron chi connectivity index (χ4n) is 1.46. The van der Waals surface area contributed by atoms with E-state index in [2.05, 4.69) is 23.2 Å². The molecule has 0 bridgehead atoms. The van der Waals surface area contributed by atoms with Crippen LogP contribution in [0.1, 0.15) is 45.4 Å². The standard InChI is InChI=1S/C10H20N2/c1-2-3-5-8-11-12-9-6-4-7-10-12/h8H,2-7,9-10H2,1H3. The van der Waals surface area contributed by atoms with E-state index in [0.29, 0.717) is 0 Å². The Bertz CT molecular complexity index is 126. The highest BCUT2D eigenvalue weighted by molar-refractivity contribution is 5.56. The molecule has 1 heterocycles. The van der Waals surface area contributed by atoms with Crippen LogP contribution in [-0.2, 0) is 0 Å². The summed E-state index contributed by atoms with van der Waals surface area (Å²) in [6.45, 7) is 4.56. The number of unbranched alkanes of at least 4 members (excludes halogenated alkanes) is 2. The van der Waals surface area contributed by atoms with Crippen LogP contribution in [0.5, 0.6) is 0 Å². The minimum absolute atomic E-state index is 1.15. The van der Waals surface area contributed by atoms with E-state index in [1.54, 1.807) is 0 Å². The van der Waals surface area contributed by atoms with E-state index in [1.807, 2.05) is 0 Å². The third kappa shape index (κ3) is 3.74. The molecule has 0 spiro atoms. The lowest BCUT2D eigenvalue weighted by molar-refractivity contribution is 0.240. The van der Waals surface area contributed by atoms with Gasteiger partial charge in [-0.25, -0.2) is 0 Å². The predicted octanol–water partition coefficient (Wildman–Crippen LogP) is 2.65. The van der Waals surface area contributed by atoms with Gasteiger partial charge >= 0.3 is 0 Å². The van der Waals surface area contributed by atoms with Crippen molar-refractivity contribution in [3.05, 3.63) is 0 Å². The van der Waals surface area contributed by atoms with Gasteiger partial charge < -0.3 is 0 Å². The molecule has 1 fully saturated rings. The van der Waals surface area contributed by atoms with Crippen LogP contribution in [0.25, 0.3) is 0 Å². The largest absolute Gasteiger partial charge is 0.297 e. The Hall–Kier alpha value is -0.530. The summed E-state index contributed by atoms with van der Waals surface area (Å²) in [4.78, 5) is 0. The average Bonchev–Trinajstić information content (AvgIpc) is 2.14. The Morgan fingerprint density at radius 3 is 2.67 bits per heavy atom. The lowest BCUT2D eigenvalue weighted by Gasteiger charge is -2.23. The average molecular weight is 168 g/mol. The molecule has 0 amide bonds. The second kappa shape index (κ2) is 6.04.